The first-order valence-corrected chi connectivity index (χ1v) is 12.1. The molecule has 3 rings (SSSR count). The van der Waals surface area contributed by atoms with E-state index in [1.165, 1.54) is 29.8 Å². The number of carbonyl (C=O) groups excluding carboxylic acids is 2. The lowest BCUT2D eigenvalue weighted by Crippen LogP contribution is -2.30. The molecule has 0 aromatic carbocycles. The Labute approximate surface area is 207 Å². The lowest BCUT2D eigenvalue weighted by molar-refractivity contribution is -0.111. The van der Waals surface area contributed by atoms with E-state index in [9.17, 15) is 14.9 Å². The second kappa shape index (κ2) is 14.9. The minimum absolute atomic E-state index is 0. The summed E-state index contributed by atoms with van der Waals surface area (Å²) in [7, 11) is 0. The van der Waals surface area contributed by atoms with Crippen LogP contribution in [0.3, 0.4) is 0 Å². The number of amides is 2. The number of hydrogen-bond donors (Lipinski definition) is 1. The summed E-state index contributed by atoms with van der Waals surface area (Å²) >= 11 is 1.43. The number of anilines is 1. The Morgan fingerprint density at radius 1 is 1.32 bits per heavy atom. The fraction of sp³-hybridized carbons (Fsp3) is 0.462. The minimum atomic E-state index is -0.334. The van der Waals surface area contributed by atoms with E-state index in [-0.39, 0.29) is 25.3 Å². The number of allylic oxidation sites excluding steroid dienone is 2. The third-order valence-corrected chi connectivity index (χ3v) is 6.49. The third-order valence-electron chi connectivity index (χ3n) is 5.32. The minimum Gasteiger partial charge on any atom is -0.449 e. The molecule has 2 aliphatic rings. The summed E-state index contributed by atoms with van der Waals surface area (Å²) in [6, 6.07) is 2.23. The summed E-state index contributed by atoms with van der Waals surface area (Å²) in [6.45, 7) is 13.2. The fourth-order valence-corrected chi connectivity index (χ4v) is 5.03. The van der Waals surface area contributed by atoms with Crippen LogP contribution in [0.25, 0.3) is 0 Å². The molecule has 1 fully saturated rings. The first-order valence-electron chi connectivity index (χ1n) is 11.3. The summed E-state index contributed by atoms with van der Waals surface area (Å²) in [4.78, 5) is 31.1. The van der Waals surface area contributed by atoms with Crippen molar-refractivity contribution in [3.8, 4) is 6.07 Å². The van der Waals surface area contributed by atoms with E-state index >= 15 is 0 Å². The van der Waals surface area contributed by atoms with E-state index < -0.39 is 0 Å². The topological polar surface area (TPSA) is 94.8 Å². The van der Waals surface area contributed by atoms with Gasteiger partial charge in [-0.2, -0.15) is 5.26 Å². The number of likely N-dealkylation sites (tertiary alicyclic amines) is 1. The molecular weight excluding hydrogens is 448 g/mol. The van der Waals surface area contributed by atoms with Gasteiger partial charge in [-0.05, 0) is 55.2 Å². The maximum absolute atomic E-state index is 12.3. The molecule has 1 N–H and O–H groups in total. The third kappa shape index (κ3) is 7.99. The van der Waals surface area contributed by atoms with Gasteiger partial charge in [-0.3, -0.25) is 9.79 Å². The number of aliphatic imine (C=N–C) groups is 1. The standard InChI is InChI=1S/C23H26N4O3S.C2H6.CH4/c1-3-25-14-16(2)6-9-21(28)26-22-19(13-24)18-8-7-17(12-20(18)31-22)15-30-23(29)27-10-4-5-11-27;1-2;/h3,6,9,14,17H,1-2,4-5,7-8,10-12,15H2,(H,26,28);1-2H3;1H4/b9-6+,25-14?;;. The Bertz CT molecular complexity index is 965. The molecule has 1 aromatic rings. The SMILES string of the molecule is C.C=CN=CC(=C)/C=C/C(=O)Nc1sc2c(c1C#N)CCC(COC(=O)N1CCCC1)C2.CC. The molecule has 2 heterocycles. The van der Waals surface area contributed by atoms with E-state index in [0.717, 1.165) is 55.6 Å². The Hall–Kier alpha value is -3.18. The van der Waals surface area contributed by atoms with Gasteiger partial charge in [0.1, 0.15) is 11.1 Å². The molecule has 0 spiro atoms. The van der Waals surface area contributed by atoms with Crippen LogP contribution in [0.4, 0.5) is 9.80 Å². The van der Waals surface area contributed by atoms with Crippen LogP contribution < -0.4 is 5.32 Å². The van der Waals surface area contributed by atoms with Crippen LogP contribution >= 0.6 is 11.3 Å². The Morgan fingerprint density at radius 2 is 2.03 bits per heavy atom. The molecule has 1 unspecified atom stereocenters. The summed E-state index contributed by atoms with van der Waals surface area (Å²) in [5.74, 6) is -0.112. The molecule has 0 bridgehead atoms. The molecule has 1 aliphatic heterocycles. The van der Waals surface area contributed by atoms with Gasteiger partial charge in [0.2, 0.25) is 5.91 Å². The number of hydrogen-bond acceptors (Lipinski definition) is 6. The van der Waals surface area contributed by atoms with Crippen molar-refractivity contribution in [3.05, 3.63) is 53.1 Å². The number of rotatable bonds is 7. The van der Waals surface area contributed by atoms with E-state index in [1.807, 2.05) is 13.8 Å². The first-order chi connectivity index (χ1) is 16.0. The van der Waals surface area contributed by atoms with Gasteiger partial charge >= 0.3 is 6.09 Å². The monoisotopic (exact) mass is 484 g/mol. The number of thiophene rings is 1. The quantitative estimate of drug-likeness (QED) is 0.297. The van der Waals surface area contributed by atoms with Crippen LogP contribution in [-0.4, -0.2) is 42.8 Å². The van der Waals surface area contributed by atoms with Gasteiger partial charge in [-0.25, -0.2) is 4.79 Å². The summed E-state index contributed by atoms with van der Waals surface area (Å²) in [5.41, 5.74) is 2.09. The van der Waals surface area contributed by atoms with Crippen LogP contribution in [0.15, 0.2) is 42.1 Å². The molecule has 8 heteroatoms. The van der Waals surface area contributed by atoms with Crippen molar-refractivity contribution in [3.63, 3.8) is 0 Å². The van der Waals surface area contributed by atoms with Crippen LogP contribution in [-0.2, 0) is 22.4 Å². The largest absolute Gasteiger partial charge is 0.449 e. The lowest BCUT2D eigenvalue weighted by Gasteiger charge is -2.23. The van der Waals surface area contributed by atoms with Crippen LogP contribution in [0.5, 0.6) is 0 Å². The van der Waals surface area contributed by atoms with Gasteiger partial charge < -0.3 is 15.0 Å². The first kappa shape index (κ1) is 28.9. The molecule has 1 atom stereocenters. The number of nitrogens with zero attached hydrogens (tertiary/aromatic N) is 3. The van der Waals surface area contributed by atoms with Gasteiger partial charge in [0.15, 0.2) is 0 Å². The molecular formula is C26H36N4O3S. The average molecular weight is 485 g/mol. The van der Waals surface area contributed by atoms with Crippen molar-refractivity contribution in [1.82, 2.24) is 4.90 Å². The van der Waals surface area contributed by atoms with E-state index in [4.69, 9.17) is 4.74 Å². The second-order valence-corrected chi connectivity index (χ2v) is 8.66. The highest BCUT2D eigenvalue weighted by atomic mass is 32.1. The highest BCUT2D eigenvalue weighted by Crippen LogP contribution is 2.39. The fourth-order valence-electron chi connectivity index (χ4n) is 3.71. The molecule has 34 heavy (non-hydrogen) atoms. The van der Waals surface area contributed by atoms with Crippen molar-refractivity contribution in [2.45, 2.75) is 53.4 Å². The molecule has 184 valence electrons. The van der Waals surface area contributed by atoms with Crippen LogP contribution in [0, 0.1) is 17.2 Å². The van der Waals surface area contributed by atoms with E-state index in [2.05, 4.69) is 29.5 Å². The van der Waals surface area contributed by atoms with Crippen molar-refractivity contribution >= 4 is 34.6 Å². The maximum Gasteiger partial charge on any atom is 0.409 e. The van der Waals surface area contributed by atoms with Crippen LogP contribution in [0.2, 0.25) is 0 Å². The van der Waals surface area contributed by atoms with Crippen molar-refractivity contribution in [1.29, 1.82) is 5.26 Å². The number of nitrogens with one attached hydrogen (secondary N) is 1. The van der Waals surface area contributed by atoms with Gasteiger partial charge in [0, 0.05) is 36.5 Å². The van der Waals surface area contributed by atoms with E-state index in [1.54, 1.807) is 11.0 Å². The number of carbonyl (C=O) groups is 2. The highest BCUT2D eigenvalue weighted by Gasteiger charge is 2.28. The lowest BCUT2D eigenvalue weighted by atomic mass is 9.88. The Kier molecular flexibility index (Phi) is 12.6. The van der Waals surface area contributed by atoms with Crippen molar-refractivity contribution in [2.75, 3.05) is 25.0 Å². The molecule has 0 saturated carbocycles. The van der Waals surface area contributed by atoms with Gasteiger partial charge in [-0.1, -0.05) is 34.4 Å². The Balaban J connectivity index is 0.00000188. The predicted molar refractivity (Wildman–Crippen MR) is 140 cm³/mol. The molecule has 7 nitrogen and oxygen atoms in total. The smallest absolute Gasteiger partial charge is 0.409 e. The molecule has 1 aliphatic carbocycles. The van der Waals surface area contributed by atoms with Gasteiger partial charge in [0.05, 0.1) is 12.2 Å². The molecule has 0 radical (unpaired) electrons. The van der Waals surface area contributed by atoms with Crippen molar-refractivity contribution < 1.29 is 14.3 Å². The maximum atomic E-state index is 12.3. The number of ether oxygens (including phenoxy) is 1. The summed E-state index contributed by atoms with van der Waals surface area (Å²) in [5, 5.41) is 13.0. The number of fused-ring (bicyclic) bond motifs is 1. The van der Waals surface area contributed by atoms with E-state index in [0.29, 0.717) is 22.7 Å². The zero-order valence-electron chi connectivity index (χ0n) is 19.4. The Morgan fingerprint density at radius 3 is 2.68 bits per heavy atom. The van der Waals surface area contributed by atoms with Gasteiger partial charge in [-0.15, -0.1) is 11.3 Å². The molecule has 2 amide bonds. The summed E-state index contributed by atoms with van der Waals surface area (Å²) in [6.07, 6.45) is 9.96. The zero-order chi connectivity index (χ0) is 24.2. The van der Waals surface area contributed by atoms with Crippen LogP contribution in [0.1, 0.15) is 56.5 Å². The summed E-state index contributed by atoms with van der Waals surface area (Å²) < 4.78 is 5.51. The zero-order valence-corrected chi connectivity index (χ0v) is 20.2. The highest BCUT2D eigenvalue weighted by molar-refractivity contribution is 7.16. The van der Waals surface area contributed by atoms with Crippen molar-refractivity contribution in [2.24, 2.45) is 10.9 Å². The second-order valence-electron chi connectivity index (χ2n) is 7.56. The number of nitriles is 1. The molecule has 1 saturated heterocycles. The molecule has 1 aromatic heterocycles. The van der Waals surface area contributed by atoms with Gasteiger partial charge in [0.25, 0.3) is 0 Å². The average Bonchev–Trinajstić information content (AvgIpc) is 3.48. The predicted octanol–water partition coefficient (Wildman–Crippen LogP) is 5.88. The normalized spacial score (nSPS) is 16.6.